The number of hydrogen-bond donors (Lipinski definition) is 3. The molecule has 102 valence electrons. The Hall–Kier alpha value is -2.04. The third-order valence-electron chi connectivity index (χ3n) is 2.90. The van der Waals surface area contributed by atoms with Crippen molar-refractivity contribution in [3.63, 3.8) is 0 Å². The van der Waals surface area contributed by atoms with Gasteiger partial charge in [0.2, 0.25) is 5.91 Å². The van der Waals surface area contributed by atoms with Gasteiger partial charge >= 0.3 is 0 Å². The van der Waals surface area contributed by atoms with Gasteiger partial charge in [-0.05, 0) is 18.9 Å². The molecule has 1 aromatic rings. The second kappa shape index (κ2) is 6.78. The summed E-state index contributed by atoms with van der Waals surface area (Å²) in [5.74, 6) is 0.700. The first-order chi connectivity index (χ1) is 9.24. The number of carbonyl (C=O) groups excluding carboxylic acids is 1. The van der Waals surface area contributed by atoms with Crippen LogP contribution in [-0.4, -0.2) is 37.5 Å². The van der Waals surface area contributed by atoms with Crippen LogP contribution in [0.2, 0.25) is 0 Å². The zero-order valence-corrected chi connectivity index (χ0v) is 11.1. The fourth-order valence-electron chi connectivity index (χ4n) is 1.88. The molecule has 1 heterocycles. The van der Waals surface area contributed by atoms with Crippen LogP contribution in [0.5, 0.6) is 0 Å². The molecule has 3 N–H and O–H groups in total. The molecule has 2 rings (SSSR count). The Morgan fingerprint density at radius 2 is 2.21 bits per heavy atom. The SMILES string of the molecule is CC1CN=C(NCC(=O)NCCc2ccccc2)N1. The van der Waals surface area contributed by atoms with Crippen molar-refractivity contribution in [1.82, 2.24) is 16.0 Å². The van der Waals surface area contributed by atoms with Gasteiger partial charge in [0, 0.05) is 12.6 Å². The monoisotopic (exact) mass is 260 g/mol. The van der Waals surface area contributed by atoms with Crippen LogP contribution in [0, 0.1) is 0 Å². The zero-order valence-electron chi connectivity index (χ0n) is 11.1. The standard InChI is InChI=1S/C14H20N4O/c1-11-9-16-14(18-11)17-10-13(19)15-8-7-12-5-3-2-4-6-12/h2-6,11H,7-10H2,1H3,(H,15,19)(H2,16,17,18). The highest BCUT2D eigenvalue weighted by Gasteiger charge is 2.12. The lowest BCUT2D eigenvalue weighted by molar-refractivity contribution is -0.119. The molecule has 1 unspecified atom stereocenters. The lowest BCUT2D eigenvalue weighted by Gasteiger charge is -2.09. The van der Waals surface area contributed by atoms with E-state index >= 15 is 0 Å². The van der Waals surface area contributed by atoms with Crippen molar-refractivity contribution in [3.8, 4) is 0 Å². The van der Waals surface area contributed by atoms with Gasteiger partial charge in [0.25, 0.3) is 0 Å². The van der Waals surface area contributed by atoms with E-state index in [-0.39, 0.29) is 12.5 Å². The van der Waals surface area contributed by atoms with Crippen LogP contribution in [-0.2, 0) is 11.2 Å². The summed E-state index contributed by atoms with van der Waals surface area (Å²) in [6.45, 7) is 3.73. The van der Waals surface area contributed by atoms with Crippen LogP contribution in [0.3, 0.4) is 0 Å². The largest absolute Gasteiger partial charge is 0.354 e. The zero-order chi connectivity index (χ0) is 13.5. The third kappa shape index (κ3) is 4.62. The van der Waals surface area contributed by atoms with E-state index in [1.165, 1.54) is 5.56 Å². The lowest BCUT2D eigenvalue weighted by Crippen LogP contribution is -2.43. The van der Waals surface area contributed by atoms with Crippen molar-refractivity contribution >= 4 is 11.9 Å². The Morgan fingerprint density at radius 1 is 1.42 bits per heavy atom. The summed E-state index contributed by atoms with van der Waals surface area (Å²) in [4.78, 5) is 15.8. The number of carbonyl (C=O) groups is 1. The van der Waals surface area contributed by atoms with Gasteiger partial charge in [0.05, 0.1) is 13.1 Å². The Bertz CT molecular complexity index is 444. The molecule has 0 saturated carbocycles. The summed E-state index contributed by atoms with van der Waals surface area (Å²) < 4.78 is 0. The fraction of sp³-hybridized carbons (Fsp3) is 0.429. The van der Waals surface area contributed by atoms with Crippen LogP contribution in [0.4, 0.5) is 0 Å². The normalized spacial score (nSPS) is 17.5. The van der Waals surface area contributed by atoms with E-state index < -0.39 is 0 Å². The summed E-state index contributed by atoms with van der Waals surface area (Å²) in [5.41, 5.74) is 1.23. The van der Waals surface area contributed by atoms with Gasteiger partial charge in [-0.25, -0.2) is 0 Å². The molecule has 0 spiro atoms. The smallest absolute Gasteiger partial charge is 0.239 e. The Kier molecular flexibility index (Phi) is 4.78. The third-order valence-corrected chi connectivity index (χ3v) is 2.90. The summed E-state index contributed by atoms with van der Waals surface area (Å²) >= 11 is 0. The van der Waals surface area contributed by atoms with Gasteiger partial charge in [-0.3, -0.25) is 9.79 Å². The van der Waals surface area contributed by atoms with Crippen LogP contribution in [0.25, 0.3) is 0 Å². The maximum atomic E-state index is 11.6. The number of aliphatic imine (C=N–C) groups is 1. The highest BCUT2D eigenvalue weighted by Crippen LogP contribution is 1.97. The number of amides is 1. The average molecular weight is 260 g/mol. The van der Waals surface area contributed by atoms with E-state index in [0.29, 0.717) is 18.5 Å². The predicted octanol–water partition coefficient (Wildman–Crippen LogP) is 0.283. The first kappa shape index (κ1) is 13.4. The Balaban J connectivity index is 1.60. The number of nitrogens with one attached hydrogen (secondary N) is 3. The minimum absolute atomic E-state index is 0.0139. The van der Waals surface area contributed by atoms with Crippen molar-refractivity contribution in [2.75, 3.05) is 19.6 Å². The Labute approximate surface area is 113 Å². The molecule has 1 aromatic carbocycles. The summed E-state index contributed by atoms with van der Waals surface area (Å²) in [5, 5.41) is 9.02. The fourth-order valence-corrected chi connectivity index (χ4v) is 1.88. The molecule has 0 saturated heterocycles. The van der Waals surface area contributed by atoms with Crippen LogP contribution in [0.15, 0.2) is 35.3 Å². The topological polar surface area (TPSA) is 65.5 Å². The average Bonchev–Trinajstić information content (AvgIpc) is 2.83. The van der Waals surface area contributed by atoms with E-state index in [0.717, 1.165) is 13.0 Å². The number of hydrogen-bond acceptors (Lipinski definition) is 4. The van der Waals surface area contributed by atoms with Gasteiger partial charge < -0.3 is 16.0 Å². The second-order valence-electron chi connectivity index (χ2n) is 4.67. The van der Waals surface area contributed by atoms with E-state index in [2.05, 4.69) is 40.0 Å². The maximum absolute atomic E-state index is 11.6. The number of nitrogens with zero attached hydrogens (tertiary/aromatic N) is 1. The van der Waals surface area contributed by atoms with Crippen molar-refractivity contribution in [1.29, 1.82) is 0 Å². The lowest BCUT2D eigenvalue weighted by atomic mass is 10.1. The van der Waals surface area contributed by atoms with Gasteiger partial charge in [-0.1, -0.05) is 30.3 Å². The maximum Gasteiger partial charge on any atom is 0.239 e. The summed E-state index contributed by atoms with van der Waals surface area (Å²) in [7, 11) is 0. The first-order valence-corrected chi connectivity index (χ1v) is 6.59. The Morgan fingerprint density at radius 3 is 2.89 bits per heavy atom. The minimum Gasteiger partial charge on any atom is -0.354 e. The molecule has 1 aliphatic heterocycles. The van der Waals surface area contributed by atoms with Crippen molar-refractivity contribution < 1.29 is 4.79 Å². The molecule has 19 heavy (non-hydrogen) atoms. The molecular formula is C14H20N4O. The molecule has 1 atom stereocenters. The molecule has 5 heteroatoms. The van der Waals surface area contributed by atoms with Crippen LogP contribution < -0.4 is 16.0 Å². The number of benzene rings is 1. The van der Waals surface area contributed by atoms with Crippen LogP contribution >= 0.6 is 0 Å². The van der Waals surface area contributed by atoms with Crippen LogP contribution in [0.1, 0.15) is 12.5 Å². The van der Waals surface area contributed by atoms with Gasteiger partial charge in [0.1, 0.15) is 0 Å². The quantitative estimate of drug-likeness (QED) is 0.712. The highest BCUT2D eigenvalue weighted by atomic mass is 16.1. The molecule has 0 bridgehead atoms. The molecule has 5 nitrogen and oxygen atoms in total. The number of guanidine groups is 1. The molecule has 0 aliphatic carbocycles. The van der Waals surface area contributed by atoms with Crippen molar-refractivity contribution in [2.24, 2.45) is 4.99 Å². The molecule has 1 amide bonds. The van der Waals surface area contributed by atoms with Gasteiger partial charge in [-0.2, -0.15) is 0 Å². The number of rotatable bonds is 5. The molecule has 0 aromatic heterocycles. The second-order valence-corrected chi connectivity index (χ2v) is 4.67. The summed E-state index contributed by atoms with van der Waals surface area (Å²) in [6.07, 6.45) is 0.850. The van der Waals surface area contributed by atoms with Gasteiger partial charge in [-0.15, -0.1) is 0 Å². The molecule has 1 aliphatic rings. The molecule has 0 fully saturated rings. The predicted molar refractivity (Wildman–Crippen MR) is 76.1 cm³/mol. The van der Waals surface area contributed by atoms with E-state index in [9.17, 15) is 4.79 Å². The summed E-state index contributed by atoms with van der Waals surface area (Å²) in [6, 6.07) is 10.5. The highest BCUT2D eigenvalue weighted by molar-refractivity contribution is 5.87. The van der Waals surface area contributed by atoms with E-state index in [4.69, 9.17) is 0 Å². The van der Waals surface area contributed by atoms with E-state index in [1.54, 1.807) is 0 Å². The van der Waals surface area contributed by atoms with Crippen molar-refractivity contribution in [2.45, 2.75) is 19.4 Å². The molecular weight excluding hydrogens is 240 g/mol. The first-order valence-electron chi connectivity index (χ1n) is 6.59. The van der Waals surface area contributed by atoms with E-state index in [1.807, 2.05) is 18.2 Å². The molecule has 0 radical (unpaired) electrons. The minimum atomic E-state index is -0.0139. The van der Waals surface area contributed by atoms with Crippen molar-refractivity contribution in [3.05, 3.63) is 35.9 Å². The van der Waals surface area contributed by atoms with Gasteiger partial charge in [0.15, 0.2) is 5.96 Å².